The molecule has 0 aromatic carbocycles. The van der Waals surface area contributed by atoms with Crippen molar-refractivity contribution in [1.82, 2.24) is 24.5 Å². The highest BCUT2D eigenvalue weighted by molar-refractivity contribution is 7.19. The normalized spacial score (nSPS) is 16.6. The predicted octanol–water partition coefficient (Wildman–Crippen LogP) is 2.51. The van der Waals surface area contributed by atoms with E-state index >= 15 is 0 Å². The minimum absolute atomic E-state index is 0.185. The molecule has 1 atom stereocenters. The summed E-state index contributed by atoms with van der Waals surface area (Å²) >= 11 is 1.74. The maximum Gasteiger partial charge on any atom is 0.293 e. The highest BCUT2D eigenvalue weighted by atomic mass is 32.1. The van der Waals surface area contributed by atoms with Gasteiger partial charge in [-0.25, -0.2) is 14.5 Å². The molecule has 3 aromatic heterocycles. The molecule has 0 unspecified atom stereocenters. The van der Waals surface area contributed by atoms with Crippen LogP contribution in [0.4, 0.5) is 0 Å². The van der Waals surface area contributed by atoms with Gasteiger partial charge in [0, 0.05) is 32.2 Å². The van der Waals surface area contributed by atoms with Crippen LogP contribution in [0.25, 0.3) is 15.9 Å². The topological polar surface area (TPSA) is 81.9 Å². The number of hydrogen-bond acceptors (Lipinski definition) is 7. The lowest BCUT2D eigenvalue weighted by Gasteiger charge is -2.20. The molecule has 9 heteroatoms. The number of rotatable bonds is 7. The molecule has 0 N–H and O–H groups in total. The molecule has 1 amide bonds. The van der Waals surface area contributed by atoms with Crippen LogP contribution in [0.2, 0.25) is 0 Å². The molecule has 0 aliphatic heterocycles. The Hall–Kier alpha value is -2.10. The van der Waals surface area contributed by atoms with Gasteiger partial charge in [0.2, 0.25) is 5.82 Å². The molecule has 150 valence electrons. The first-order valence-electron chi connectivity index (χ1n) is 9.57. The Labute approximate surface area is 167 Å². The maximum absolute atomic E-state index is 13.0. The second kappa shape index (κ2) is 8.10. The summed E-state index contributed by atoms with van der Waals surface area (Å²) in [6, 6.07) is 0. The van der Waals surface area contributed by atoms with Crippen LogP contribution in [-0.2, 0) is 15.9 Å². The van der Waals surface area contributed by atoms with Crippen molar-refractivity contribution in [3.63, 3.8) is 0 Å². The van der Waals surface area contributed by atoms with E-state index in [9.17, 15) is 4.79 Å². The quantitative estimate of drug-likeness (QED) is 0.603. The second-order valence-corrected chi connectivity index (χ2v) is 8.22. The van der Waals surface area contributed by atoms with E-state index in [4.69, 9.17) is 9.47 Å². The van der Waals surface area contributed by atoms with E-state index in [1.54, 1.807) is 41.3 Å². The number of thiophene rings is 1. The Morgan fingerprint density at radius 1 is 1.32 bits per heavy atom. The van der Waals surface area contributed by atoms with Gasteiger partial charge in [-0.1, -0.05) is 6.92 Å². The molecule has 0 bridgehead atoms. The second-order valence-electron chi connectivity index (χ2n) is 7.14. The zero-order chi connectivity index (χ0) is 19.7. The number of amides is 1. The molecule has 3 heterocycles. The average Bonchev–Trinajstić information content (AvgIpc) is 3.29. The van der Waals surface area contributed by atoms with Crippen molar-refractivity contribution in [2.45, 2.75) is 32.1 Å². The molecular weight excluding hydrogens is 378 g/mol. The first-order valence-corrected chi connectivity index (χ1v) is 10.4. The van der Waals surface area contributed by atoms with E-state index in [0.717, 1.165) is 22.3 Å². The third kappa shape index (κ3) is 3.38. The Morgan fingerprint density at radius 3 is 2.79 bits per heavy atom. The number of carbonyl (C=O) groups excluding carboxylic acids is 1. The summed E-state index contributed by atoms with van der Waals surface area (Å²) in [5.41, 5.74) is 2.06. The molecule has 3 aromatic rings. The molecular formula is C19H25N5O3S. The van der Waals surface area contributed by atoms with E-state index in [0.29, 0.717) is 32.2 Å². The number of aromatic nitrogens is 4. The van der Waals surface area contributed by atoms with Crippen molar-refractivity contribution >= 4 is 33.1 Å². The SMILES string of the molecule is COCCN(CCOC)C(=O)c1nc2c3c4c(sc3ncn2n1)CCC[C@@H]4C. The fourth-order valence-electron chi connectivity index (χ4n) is 3.84. The van der Waals surface area contributed by atoms with Gasteiger partial charge in [0.15, 0.2) is 5.65 Å². The Kier molecular flexibility index (Phi) is 5.56. The standard InChI is InChI=1S/C19H25N5O3S/c1-12-5-4-6-13-14(12)15-17-21-16(22-24(17)11-20-18(15)28-13)19(25)23(7-9-26-2)8-10-27-3/h11-12H,4-10H2,1-3H3/t12-/m0/s1. The molecule has 4 rings (SSSR count). The highest BCUT2D eigenvalue weighted by Gasteiger charge is 2.27. The zero-order valence-electron chi connectivity index (χ0n) is 16.5. The summed E-state index contributed by atoms with van der Waals surface area (Å²) in [6.45, 7) is 4.08. The number of nitrogens with zero attached hydrogens (tertiary/aromatic N) is 5. The van der Waals surface area contributed by atoms with Crippen LogP contribution in [0.1, 0.15) is 46.7 Å². The maximum atomic E-state index is 13.0. The first kappa shape index (κ1) is 19.2. The molecule has 1 aliphatic rings. The largest absolute Gasteiger partial charge is 0.383 e. The third-order valence-electron chi connectivity index (χ3n) is 5.29. The van der Waals surface area contributed by atoms with Crippen LogP contribution in [-0.4, -0.2) is 70.9 Å². The summed E-state index contributed by atoms with van der Waals surface area (Å²) in [5, 5.41) is 5.49. The number of fused-ring (bicyclic) bond motifs is 5. The van der Waals surface area contributed by atoms with Gasteiger partial charge in [0.25, 0.3) is 5.91 Å². The van der Waals surface area contributed by atoms with Gasteiger partial charge in [-0.15, -0.1) is 16.4 Å². The van der Waals surface area contributed by atoms with Crippen molar-refractivity contribution in [2.75, 3.05) is 40.5 Å². The summed E-state index contributed by atoms with van der Waals surface area (Å²) in [7, 11) is 3.23. The Morgan fingerprint density at radius 2 is 2.07 bits per heavy atom. The van der Waals surface area contributed by atoms with E-state index in [1.165, 1.54) is 23.3 Å². The molecule has 28 heavy (non-hydrogen) atoms. The van der Waals surface area contributed by atoms with Gasteiger partial charge >= 0.3 is 0 Å². The van der Waals surface area contributed by atoms with Gasteiger partial charge in [-0.2, -0.15) is 0 Å². The molecule has 0 saturated heterocycles. The smallest absolute Gasteiger partial charge is 0.293 e. The van der Waals surface area contributed by atoms with Crippen molar-refractivity contribution in [3.8, 4) is 0 Å². The fourth-order valence-corrected chi connectivity index (χ4v) is 5.13. The number of hydrogen-bond donors (Lipinski definition) is 0. The van der Waals surface area contributed by atoms with Crippen molar-refractivity contribution in [1.29, 1.82) is 0 Å². The van der Waals surface area contributed by atoms with Crippen LogP contribution >= 0.6 is 11.3 Å². The lowest BCUT2D eigenvalue weighted by atomic mass is 9.87. The number of carbonyl (C=O) groups is 1. The van der Waals surface area contributed by atoms with Crippen LogP contribution in [0.15, 0.2) is 6.33 Å². The summed E-state index contributed by atoms with van der Waals surface area (Å²) in [5.74, 6) is 0.439. The predicted molar refractivity (Wildman–Crippen MR) is 107 cm³/mol. The lowest BCUT2D eigenvalue weighted by Crippen LogP contribution is -2.37. The van der Waals surface area contributed by atoms with Crippen LogP contribution in [0.3, 0.4) is 0 Å². The molecule has 0 radical (unpaired) electrons. The minimum atomic E-state index is -0.219. The molecule has 0 fully saturated rings. The van der Waals surface area contributed by atoms with Crippen LogP contribution in [0, 0.1) is 0 Å². The molecule has 1 aliphatic carbocycles. The fraction of sp³-hybridized carbons (Fsp3) is 0.579. The molecule has 0 spiro atoms. The Bertz CT molecular complexity index is 990. The lowest BCUT2D eigenvalue weighted by molar-refractivity contribution is 0.0616. The molecule has 0 saturated carbocycles. The monoisotopic (exact) mass is 403 g/mol. The van der Waals surface area contributed by atoms with Gasteiger partial charge in [-0.05, 0) is 30.7 Å². The number of ether oxygens (including phenoxy) is 2. The summed E-state index contributed by atoms with van der Waals surface area (Å²) in [4.78, 5) is 26.3. The van der Waals surface area contributed by atoms with Gasteiger partial charge in [-0.3, -0.25) is 4.79 Å². The van der Waals surface area contributed by atoms with E-state index < -0.39 is 0 Å². The summed E-state index contributed by atoms with van der Waals surface area (Å²) < 4.78 is 11.9. The van der Waals surface area contributed by atoms with Gasteiger partial charge in [0.05, 0.1) is 18.6 Å². The van der Waals surface area contributed by atoms with Crippen molar-refractivity contribution < 1.29 is 14.3 Å². The van der Waals surface area contributed by atoms with Crippen molar-refractivity contribution in [3.05, 3.63) is 22.6 Å². The average molecular weight is 404 g/mol. The van der Waals surface area contributed by atoms with Crippen molar-refractivity contribution in [2.24, 2.45) is 0 Å². The number of methoxy groups -OCH3 is 2. The molecule has 8 nitrogen and oxygen atoms in total. The third-order valence-corrected chi connectivity index (χ3v) is 6.46. The van der Waals surface area contributed by atoms with E-state index in [2.05, 4.69) is 22.0 Å². The van der Waals surface area contributed by atoms with E-state index in [-0.39, 0.29) is 11.7 Å². The highest BCUT2D eigenvalue weighted by Crippen LogP contribution is 2.42. The van der Waals surface area contributed by atoms with Gasteiger partial charge in [0.1, 0.15) is 11.2 Å². The Balaban J connectivity index is 1.75. The van der Waals surface area contributed by atoms with Crippen LogP contribution < -0.4 is 0 Å². The minimum Gasteiger partial charge on any atom is -0.383 e. The number of aryl methyl sites for hydroxylation is 1. The first-order chi connectivity index (χ1) is 13.6. The van der Waals surface area contributed by atoms with E-state index in [1.807, 2.05) is 0 Å². The van der Waals surface area contributed by atoms with Gasteiger partial charge < -0.3 is 14.4 Å². The van der Waals surface area contributed by atoms with Crippen LogP contribution in [0.5, 0.6) is 0 Å². The zero-order valence-corrected chi connectivity index (χ0v) is 17.3. The summed E-state index contributed by atoms with van der Waals surface area (Å²) in [6.07, 6.45) is 5.13.